The number of hydrogen-bond donors (Lipinski definition) is 0. The molecule has 6 heteroatoms. The first kappa shape index (κ1) is 29.0. The van der Waals surface area contributed by atoms with E-state index in [2.05, 4.69) is 143 Å². The van der Waals surface area contributed by atoms with Gasteiger partial charge in [0.05, 0.1) is 27.6 Å². The molecule has 10 rings (SSSR count). The third-order valence-corrected chi connectivity index (χ3v) is 9.70. The van der Waals surface area contributed by atoms with E-state index in [0.717, 1.165) is 71.7 Å². The molecule has 4 heterocycles. The van der Waals surface area contributed by atoms with E-state index in [-0.39, 0.29) is 0 Å². The predicted octanol–water partition coefficient (Wildman–Crippen LogP) is 10.8. The number of fused-ring (bicyclic) bond motifs is 6. The second-order valence-corrected chi connectivity index (χ2v) is 12.9. The number of aromatic nitrogens is 6. The van der Waals surface area contributed by atoms with Crippen LogP contribution in [0.25, 0.3) is 89.3 Å². The lowest BCUT2D eigenvalue weighted by atomic mass is 10.0. The smallest absolute Gasteiger partial charge is 0.238 e. The third kappa shape index (κ3) is 4.80. The summed E-state index contributed by atoms with van der Waals surface area (Å²) >= 11 is 0. The Kier molecular flexibility index (Phi) is 6.61. The standard InChI is InChI=1S/C45H30N6/c1-29-20-22-31(23-21-29)44-47-43(30-12-4-2-5-13-30)48-45(49-44)51-38-18-10-8-16-35(38)36-25-24-32(26-40(36)51)33-27-41-42(46-28-33)37-17-9-11-19-39(37)50(41)34-14-6-3-7-15-34/h2-28H,1H3. The van der Waals surface area contributed by atoms with Crippen LogP contribution in [0.3, 0.4) is 0 Å². The van der Waals surface area contributed by atoms with Crippen molar-refractivity contribution in [2.45, 2.75) is 6.92 Å². The van der Waals surface area contributed by atoms with Gasteiger partial charge in [-0.05, 0) is 48.9 Å². The van der Waals surface area contributed by atoms with Gasteiger partial charge in [-0.2, -0.15) is 9.97 Å². The molecule has 0 atom stereocenters. The fourth-order valence-corrected chi connectivity index (χ4v) is 7.22. The minimum atomic E-state index is 0.570. The van der Waals surface area contributed by atoms with Gasteiger partial charge in [0.15, 0.2) is 11.6 Å². The van der Waals surface area contributed by atoms with Crippen molar-refractivity contribution in [3.05, 3.63) is 169 Å². The molecular weight excluding hydrogens is 625 g/mol. The molecule has 0 aliphatic rings. The lowest BCUT2D eigenvalue weighted by Crippen LogP contribution is -2.06. The molecular formula is C45H30N6. The molecule has 0 bridgehead atoms. The van der Waals surface area contributed by atoms with Gasteiger partial charge in [0, 0.05) is 44.7 Å². The van der Waals surface area contributed by atoms with Gasteiger partial charge in [0.2, 0.25) is 5.95 Å². The molecule has 0 radical (unpaired) electrons. The van der Waals surface area contributed by atoms with E-state index in [1.54, 1.807) is 0 Å². The molecule has 0 aliphatic carbocycles. The van der Waals surface area contributed by atoms with E-state index >= 15 is 0 Å². The maximum absolute atomic E-state index is 5.14. The van der Waals surface area contributed by atoms with Crippen molar-refractivity contribution in [3.63, 3.8) is 0 Å². The molecule has 6 nitrogen and oxygen atoms in total. The zero-order chi connectivity index (χ0) is 33.9. The Morgan fingerprint density at radius 1 is 0.412 bits per heavy atom. The number of hydrogen-bond acceptors (Lipinski definition) is 4. The highest BCUT2D eigenvalue weighted by Crippen LogP contribution is 2.37. The van der Waals surface area contributed by atoms with Crippen molar-refractivity contribution >= 4 is 43.7 Å². The fraction of sp³-hybridized carbons (Fsp3) is 0.0222. The average molecular weight is 655 g/mol. The van der Waals surface area contributed by atoms with Crippen molar-refractivity contribution < 1.29 is 0 Å². The van der Waals surface area contributed by atoms with Crippen LogP contribution in [0.15, 0.2) is 164 Å². The molecule has 0 N–H and O–H groups in total. The summed E-state index contributed by atoms with van der Waals surface area (Å²) in [7, 11) is 0. The predicted molar refractivity (Wildman–Crippen MR) is 207 cm³/mol. The van der Waals surface area contributed by atoms with Gasteiger partial charge in [-0.1, -0.05) is 127 Å². The van der Waals surface area contributed by atoms with Gasteiger partial charge in [0.1, 0.15) is 0 Å². The lowest BCUT2D eigenvalue weighted by molar-refractivity contribution is 0.953. The first-order valence-electron chi connectivity index (χ1n) is 17.1. The zero-order valence-corrected chi connectivity index (χ0v) is 27.8. The van der Waals surface area contributed by atoms with Gasteiger partial charge >= 0.3 is 0 Å². The lowest BCUT2D eigenvalue weighted by Gasteiger charge is -2.12. The first-order valence-corrected chi connectivity index (χ1v) is 17.1. The molecule has 6 aromatic carbocycles. The highest BCUT2D eigenvalue weighted by atomic mass is 15.2. The second kappa shape index (κ2) is 11.6. The SMILES string of the molecule is Cc1ccc(-c2nc(-c3ccccc3)nc(-n3c4ccccc4c4ccc(-c5cnc6c7ccccc7n(-c7ccccc7)c6c5)cc43)n2)cc1. The van der Waals surface area contributed by atoms with Gasteiger partial charge in [0.25, 0.3) is 0 Å². The Balaban J connectivity index is 1.21. The van der Waals surface area contributed by atoms with Crippen LogP contribution in [0, 0.1) is 6.92 Å². The molecule has 0 unspecified atom stereocenters. The Hall–Kier alpha value is -6.92. The summed E-state index contributed by atoms with van der Waals surface area (Å²) in [5, 5.41) is 3.39. The summed E-state index contributed by atoms with van der Waals surface area (Å²) in [5.41, 5.74) is 11.5. The number of para-hydroxylation sites is 3. The van der Waals surface area contributed by atoms with Crippen LogP contribution in [0.4, 0.5) is 0 Å². The van der Waals surface area contributed by atoms with Crippen molar-refractivity contribution in [1.29, 1.82) is 0 Å². The summed E-state index contributed by atoms with van der Waals surface area (Å²) in [5.74, 6) is 1.83. The number of pyridine rings is 1. The quantitative estimate of drug-likeness (QED) is 0.185. The van der Waals surface area contributed by atoms with Gasteiger partial charge in [-0.25, -0.2) is 4.98 Å². The van der Waals surface area contributed by atoms with Crippen molar-refractivity contribution in [1.82, 2.24) is 29.1 Å². The molecule has 4 aromatic heterocycles. The normalized spacial score (nSPS) is 11.6. The minimum absolute atomic E-state index is 0.570. The molecule has 0 saturated carbocycles. The highest BCUT2D eigenvalue weighted by molar-refractivity contribution is 6.11. The van der Waals surface area contributed by atoms with Crippen LogP contribution < -0.4 is 0 Å². The first-order chi connectivity index (χ1) is 25.2. The monoisotopic (exact) mass is 654 g/mol. The summed E-state index contributed by atoms with van der Waals surface area (Å²) in [6.45, 7) is 2.09. The van der Waals surface area contributed by atoms with Crippen LogP contribution in [-0.2, 0) is 0 Å². The number of nitrogens with zero attached hydrogens (tertiary/aromatic N) is 6. The van der Waals surface area contributed by atoms with E-state index in [0.29, 0.717) is 17.6 Å². The summed E-state index contributed by atoms with van der Waals surface area (Å²) in [6.07, 6.45) is 1.99. The Labute approximate surface area is 294 Å². The molecule has 0 fully saturated rings. The minimum Gasteiger partial charge on any atom is -0.308 e. The molecule has 0 saturated heterocycles. The van der Waals surface area contributed by atoms with Crippen LogP contribution >= 0.6 is 0 Å². The van der Waals surface area contributed by atoms with Crippen molar-refractivity contribution in [2.75, 3.05) is 0 Å². The van der Waals surface area contributed by atoms with Crippen molar-refractivity contribution in [2.24, 2.45) is 0 Å². The third-order valence-electron chi connectivity index (χ3n) is 9.70. The van der Waals surface area contributed by atoms with Gasteiger partial charge < -0.3 is 4.57 Å². The molecule has 0 spiro atoms. The molecule has 240 valence electrons. The Bertz CT molecular complexity index is 2910. The summed E-state index contributed by atoms with van der Waals surface area (Å²) < 4.78 is 4.48. The highest BCUT2D eigenvalue weighted by Gasteiger charge is 2.19. The van der Waals surface area contributed by atoms with Crippen LogP contribution in [0.2, 0.25) is 0 Å². The second-order valence-electron chi connectivity index (χ2n) is 12.9. The topological polar surface area (TPSA) is 61.4 Å². The van der Waals surface area contributed by atoms with E-state index < -0.39 is 0 Å². The largest absolute Gasteiger partial charge is 0.308 e. The molecule has 0 aliphatic heterocycles. The Morgan fingerprint density at radius 3 is 1.73 bits per heavy atom. The number of aryl methyl sites for hydroxylation is 1. The zero-order valence-electron chi connectivity index (χ0n) is 27.8. The van der Waals surface area contributed by atoms with Crippen LogP contribution in [0.5, 0.6) is 0 Å². The number of rotatable bonds is 5. The number of benzene rings is 6. The molecule has 51 heavy (non-hydrogen) atoms. The van der Waals surface area contributed by atoms with E-state index in [4.69, 9.17) is 19.9 Å². The van der Waals surface area contributed by atoms with Crippen molar-refractivity contribution in [3.8, 4) is 45.5 Å². The summed E-state index contributed by atoms with van der Waals surface area (Å²) in [6, 6.07) is 54.8. The fourth-order valence-electron chi connectivity index (χ4n) is 7.22. The van der Waals surface area contributed by atoms with Gasteiger partial charge in [-0.15, -0.1) is 0 Å². The van der Waals surface area contributed by atoms with Gasteiger partial charge in [-0.3, -0.25) is 9.55 Å². The Morgan fingerprint density at radius 2 is 0.980 bits per heavy atom. The maximum Gasteiger partial charge on any atom is 0.238 e. The molecule has 0 amide bonds. The van der Waals surface area contributed by atoms with E-state index in [1.165, 1.54) is 5.56 Å². The summed E-state index contributed by atoms with van der Waals surface area (Å²) in [4.78, 5) is 20.3. The molecule has 10 aromatic rings. The van der Waals surface area contributed by atoms with E-state index in [1.807, 2.05) is 36.5 Å². The van der Waals surface area contributed by atoms with Crippen LogP contribution in [0.1, 0.15) is 5.56 Å². The average Bonchev–Trinajstić information content (AvgIpc) is 3.71. The van der Waals surface area contributed by atoms with E-state index in [9.17, 15) is 0 Å². The van der Waals surface area contributed by atoms with Crippen LogP contribution in [-0.4, -0.2) is 29.1 Å². The maximum atomic E-state index is 5.14.